The standard InChI is InChI=1S/C14H17NO/c1-2-12-5-7-13(8-6-12)14(15-11-16)9-3-4-10-14/h5-8H,2-4,9-10H2,1H3. The van der Waals surface area contributed by atoms with Crippen LogP contribution >= 0.6 is 0 Å². The summed E-state index contributed by atoms with van der Waals surface area (Å²) in [6.07, 6.45) is 7.07. The fourth-order valence-corrected chi connectivity index (χ4v) is 2.56. The third kappa shape index (κ3) is 1.94. The highest BCUT2D eigenvalue weighted by molar-refractivity contribution is 5.39. The van der Waals surface area contributed by atoms with Crippen LogP contribution in [0.15, 0.2) is 29.3 Å². The summed E-state index contributed by atoms with van der Waals surface area (Å²) >= 11 is 0. The molecule has 1 aliphatic carbocycles. The minimum absolute atomic E-state index is 0.270. The van der Waals surface area contributed by atoms with Crippen LogP contribution in [0.4, 0.5) is 0 Å². The van der Waals surface area contributed by atoms with Crippen molar-refractivity contribution in [1.29, 1.82) is 0 Å². The highest BCUT2D eigenvalue weighted by Gasteiger charge is 2.35. The van der Waals surface area contributed by atoms with Crippen molar-refractivity contribution in [2.45, 2.75) is 44.6 Å². The fraction of sp³-hybridized carbons (Fsp3) is 0.500. The van der Waals surface area contributed by atoms with Crippen molar-refractivity contribution in [1.82, 2.24) is 0 Å². The molecule has 0 aromatic heterocycles. The number of nitrogens with zero attached hydrogens (tertiary/aromatic N) is 1. The lowest BCUT2D eigenvalue weighted by atomic mass is 9.88. The Morgan fingerprint density at radius 3 is 2.38 bits per heavy atom. The third-order valence-electron chi connectivity index (χ3n) is 3.59. The van der Waals surface area contributed by atoms with Gasteiger partial charge in [0, 0.05) is 0 Å². The number of hydrogen-bond donors (Lipinski definition) is 0. The summed E-state index contributed by atoms with van der Waals surface area (Å²) in [7, 11) is 0. The van der Waals surface area contributed by atoms with Crippen LogP contribution in [0.2, 0.25) is 0 Å². The predicted molar refractivity (Wildman–Crippen MR) is 64.1 cm³/mol. The molecule has 0 amide bonds. The topological polar surface area (TPSA) is 29.4 Å². The summed E-state index contributed by atoms with van der Waals surface area (Å²) in [6, 6.07) is 8.50. The van der Waals surface area contributed by atoms with E-state index in [-0.39, 0.29) is 5.54 Å². The van der Waals surface area contributed by atoms with Crippen LogP contribution in [-0.4, -0.2) is 6.08 Å². The molecule has 0 unspecified atom stereocenters. The molecule has 0 heterocycles. The van der Waals surface area contributed by atoms with Gasteiger partial charge in [-0.2, -0.15) is 4.99 Å². The second-order valence-corrected chi connectivity index (χ2v) is 4.49. The molecule has 2 heteroatoms. The first kappa shape index (κ1) is 11.1. The summed E-state index contributed by atoms with van der Waals surface area (Å²) < 4.78 is 0. The van der Waals surface area contributed by atoms with E-state index in [1.165, 1.54) is 11.1 Å². The molecule has 0 aliphatic heterocycles. The van der Waals surface area contributed by atoms with E-state index in [4.69, 9.17) is 0 Å². The van der Waals surface area contributed by atoms with Crippen LogP contribution in [0, 0.1) is 0 Å². The average Bonchev–Trinajstić information content (AvgIpc) is 2.80. The van der Waals surface area contributed by atoms with Gasteiger partial charge in [-0.25, -0.2) is 4.79 Å². The van der Waals surface area contributed by atoms with Gasteiger partial charge in [0.15, 0.2) is 0 Å². The molecule has 2 rings (SSSR count). The van der Waals surface area contributed by atoms with E-state index < -0.39 is 0 Å². The van der Waals surface area contributed by atoms with Crippen LogP contribution in [-0.2, 0) is 16.8 Å². The van der Waals surface area contributed by atoms with Gasteiger partial charge >= 0.3 is 0 Å². The molecular formula is C14H17NO. The Morgan fingerprint density at radius 2 is 1.88 bits per heavy atom. The Labute approximate surface area is 96.4 Å². The number of isocyanates is 1. The number of aliphatic imine (C=N–C) groups is 1. The third-order valence-corrected chi connectivity index (χ3v) is 3.59. The van der Waals surface area contributed by atoms with Gasteiger partial charge in [-0.05, 0) is 30.4 Å². The lowest BCUT2D eigenvalue weighted by Gasteiger charge is -2.22. The molecule has 1 aromatic carbocycles. The van der Waals surface area contributed by atoms with Gasteiger partial charge < -0.3 is 0 Å². The minimum Gasteiger partial charge on any atom is -0.211 e. The quantitative estimate of drug-likeness (QED) is 0.561. The molecular weight excluding hydrogens is 198 g/mol. The molecule has 1 saturated carbocycles. The maximum Gasteiger partial charge on any atom is 0.235 e. The Bertz CT molecular complexity index is 395. The van der Waals surface area contributed by atoms with E-state index in [1.807, 2.05) is 0 Å². The zero-order valence-corrected chi connectivity index (χ0v) is 9.70. The van der Waals surface area contributed by atoms with E-state index >= 15 is 0 Å². The van der Waals surface area contributed by atoms with Crippen molar-refractivity contribution in [3.8, 4) is 0 Å². The van der Waals surface area contributed by atoms with Crippen molar-refractivity contribution >= 4 is 6.08 Å². The summed E-state index contributed by atoms with van der Waals surface area (Å²) in [5.74, 6) is 0. The molecule has 1 aromatic rings. The van der Waals surface area contributed by atoms with Gasteiger partial charge in [-0.15, -0.1) is 0 Å². The molecule has 0 spiro atoms. The highest BCUT2D eigenvalue weighted by atomic mass is 16.1. The molecule has 16 heavy (non-hydrogen) atoms. The van der Waals surface area contributed by atoms with Gasteiger partial charge in [0.05, 0.1) is 5.54 Å². The van der Waals surface area contributed by atoms with Crippen molar-refractivity contribution < 1.29 is 4.79 Å². The molecule has 1 fully saturated rings. The first-order chi connectivity index (χ1) is 7.80. The van der Waals surface area contributed by atoms with Crippen LogP contribution in [0.3, 0.4) is 0 Å². The van der Waals surface area contributed by atoms with Gasteiger partial charge in [0.2, 0.25) is 6.08 Å². The molecule has 2 nitrogen and oxygen atoms in total. The molecule has 0 atom stereocenters. The number of aryl methyl sites for hydroxylation is 1. The Balaban J connectivity index is 2.35. The summed E-state index contributed by atoms with van der Waals surface area (Å²) in [5.41, 5.74) is 2.23. The average molecular weight is 215 g/mol. The Kier molecular flexibility index (Phi) is 3.21. The maximum absolute atomic E-state index is 10.6. The summed E-state index contributed by atoms with van der Waals surface area (Å²) in [4.78, 5) is 14.6. The first-order valence-corrected chi connectivity index (χ1v) is 5.99. The SMILES string of the molecule is CCc1ccc(C2(N=C=O)CCCC2)cc1. The number of benzene rings is 1. The number of rotatable bonds is 3. The largest absolute Gasteiger partial charge is 0.235 e. The van der Waals surface area contributed by atoms with E-state index in [0.29, 0.717) is 0 Å². The van der Waals surface area contributed by atoms with E-state index in [1.54, 1.807) is 6.08 Å². The second kappa shape index (κ2) is 4.63. The van der Waals surface area contributed by atoms with Crippen molar-refractivity contribution in [2.24, 2.45) is 4.99 Å². The van der Waals surface area contributed by atoms with Crippen molar-refractivity contribution in [3.63, 3.8) is 0 Å². The lowest BCUT2D eigenvalue weighted by Crippen LogP contribution is -2.18. The maximum atomic E-state index is 10.6. The van der Waals surface area contributed by atoms with Gasteiger partial charge in [-0.3, -0.25) is 0 Å². The number of carbonyl (C=O) groups excluding carboxylic acids is 1. The van der Waals surface area contributed by atoms with Crippen LogP contribution < -0.4 is 0 Å². The van der Waals surface area contributed by atoms with Crippen LogP contribution in [0.1, 0.15) is 43.7 Å². The molecule has 0 N–H and O–H groups in total. The molecule has 1 aliphatic rings. The monoisotopic (exact) mass is 215 g/mol. The summed E-state index contributed by atoms with van der Waals surface area (Å²) in [5, 5.41) is 0. The zero-order valence-electron chi connectivity index (χ0n) is 9.70. The van der Waals surface area contributed by atoms with Gasteiger partial charge in [0.1, 0.15) is 0 Å². The smallest absolute Gasteiger partial charge is 0.211 e. The Morgan fingerprint density at radius 1 is 1.25 bits per heavy atom. The fourth-order valence-electron chi connectivity index (χ4n) is 2.56. The van der Waals surface area contributed by atoms with Crippen LogP contribution in [0.25, 0.3) is 0 Å². The molecule has 0 saturated heterocycles. The first-order valence-electron chi connectivity index (χ1n) is 5.99. The molecule has 0 bridgehead atoms. The van der Waals surface area contributed by atoms with Gasteiger partial charge in [-0.1, -0.05) is 44.0 Å². The van der Waals surface area contributed by atoms with E-state index in [0.717, 1.165) is 32.1 Å². The zero-order chi connectivity index (χ0) is 11.4. The lowest BCUT2D eigenvalue weighted by molar-refractivity contribution is 0.456. The van der Waals surface area contributed by atoms with E-state index in [2.05, 4.69) is 36.2 Å². The van der Waals surface area contributed by atoms with Crippen molar-refractivity contribution in [2.75, 3.05) is 0 Å². The second-order valence-electron chi connectivity index (χ2n) is 4.49. The summed E-state index contributed by atoms with van der Waals surface area (Å²) in [6.45, 7) is 2.14. The predicted octanol–water partition coefficient (Wildman–Crippen LogP) is 3.35. The van der Waals surface area contributed by atoms with Crippen molar-refractivity contribution in [3.05, 3.63) is 35.4 Å². The normalized spacial score (nSPS) is 18.1. The molecule has 84 valence electrons. The molecule has 0 radical (unpaired) electrons. The van der Waals surface area contributed by atoms with Gasteiger partial charge in [0.25, 0.3) is 0 Å². The number of hydrogen-bond acceptors (Lipinski definition) is 2. The minimum atomic E-state index is -0.270. The highest BCUT2D eigenvalue weighted by Crippen LogP contribution is 2.41. The van der Waals surface area contributed by atoms with E-state index in [9.17, 15) is 4.79 Å². The van der Waals surface area contributed by atoms with Crippen LogP contribution in [0.5, 0.6) is 0 Å². The Hall–Kier alpha value is -1.40.